The summed E-state index contributed by atoms with van der Waals surface area (Å²) in [5.74, 6) is 0. The lowest BCUT2D eigenvalue weighted by molar-refractivity contribution is -0.137. The van der Waals surface area contributed by atoms with Gasteiger partial charge in [-0.2, -0.15) is 13.2 Å². The molecule has 1 N–H and O–H groups in total. The fraction of sp³-hybridized carbons (Fsp3) is 0.259. The molecule has 1 atom stereocenters. The highest BCUT2D eigenvalue weighted by Gasteiger charge is 2.30. The number of halogens is 4. The molecule has 0 fully saturated rings. The standard InChI is InChI=1S/C27H25ClF3NO/c28-25-10-8-20(9-11-25)19-4-6-22(7-5-19)26(33)14-17-32-15-12-21(13-16-32)23-2-1-3-24(18-23)27(29,30)31/h1-12,18,26,33H,13-17H2. The average molecular weight is 472 g/mol. The van der Waals surface area contributed by atoms with Crippen molar-refractivity contribution < 1.29 is 18.3 Å². The Morgan fingerprint density at radius 3 is 2.18 bits per heavy atom. The number of rotatable bonds is 6. The van der Waals surface area contributed by atoms with Gasteiger partial charge in [-0.05, 0) is 64.9 Å². The molecule has 1 aliphatic heterocycles. The van der Waals surface area contributed by atoms with Gasteiger partial charge in [0.1, 0.15) is 0 Å². The van der Waals surface area contributed by atoms with Crippen LogP contribution in [0.15, 0.2) is 78.9 Å². The minimum atomic E-state index is -4.33. The molecule has 0 saturated carbocycles. The molecule has 0 radical (unpaired) electrons. The smallest absolute Gasteiger partial charge is 0.388 e. The van der Waals surface area contributed by atoms with Gasteiger partial charge in [0.05, 0.1) is 11.7 Å². The van der Waals surface area contributed by atoms with Crippen LogP contribution in [0, 0.1) is 0 Å². The Labute approximate surface area is 196 Å². The highest BCUT2D eigenvalue weighted by Crippen LogP contribution is 2.32. The van der Waals surface area contributed by atoms with Gasteiger partial charge in [-0.1, -0.05) is 66.2 Å². The molecule has 0 bridgehead atoms. The molecule has 0 saturated heterocycles. The third-order valence-electron chi connectivity index (χ3n) is 6.05. The van der Waals surface area contributed by atoms with Crippen molar-refractivity contribution in [3.63, 3.8) is 0 Å². The van der Waals surface area contributed by atoms with Crippen LogP contribution < -0.4 is 0 Å². The van der Waals surface area contributed by atoms with Gasteiger partial charge in [0, 0.05) is 24.7 Å². The van der Waals surface area contributed by atoms with Crippen LogP contribution in [0.5, 0.6) is 0 Å². The maximum Gasteiger partial charge on any atom is 0.416 e. The first-order chi connectivity index (χ1) is 15.8. The molecule has 3 aromatic rings. The molecule has 172 valence electrons. The predicted molar refractivity (Wildman–Crippen MR) is 127 cm³/mol. The van der Waals surface area contributed by atoms with Gasteiger partial charge in [0.25, 0.3) is 0 Å². The van der Waals surface area contributed by atoms with E-state index >= 15 is 0 Å². The van der Waals surface area contributed by atoms with E-state index in [1.54, 1.807) is 6.07 Å². The van der Waals surface area contributed by atoms with E-state index in [1.807, 2.05) is 54.6 Å². The fourth-order valence-electron chi connectivity index (χ4n) is 4.08. The topological polar surface area (TPSA) is 23.5 Å². The maximum absolute atomic E-state index is 13.0. The minimum Gasteiger partial charge on any atom is -0.388 e. The largest absolute Gasteiger partial charge is 0.416 e. The highest BCUT2D eigenvalue weighted by atomic mass is 35.5. The van der Waals surface area contributed by atoms with Crippen LogP contribution in [0.3, 0.4) is 0 Å². The van der Waals surface area contributed by atoms with Crippen molar-refractivity contribution >= 4 is 17.2 Å². The predicted octanol–water partition coefficient (Wildman–Crippen LogP) is 7.24. The molecule has 1 heterocycles. The normalized spacial score (nSPS) is 15.8. The molecule has 1 unspecified atom stereocenters. The first-order valence-corrected chi connectivity index (χ1v) is 11.3. The number of hydrogen-bond acceptors (Lipinski definition) is 2. The first kappa shape index (κ1) is 23.6. The van der Waals surface area contributed by atoms with E-state index in [0.717, 1.165) is 34.9 Å². The first-order valence-electron chi connectivity index (χ1n) is 10.9. The Kier molecular flexibility index (Phi) is 7.23. The Bertz CT molecular complexity index is 1110. The van der Waals surface area contributed by atoms with Gasteiger partial charge in [-0.25, -0.2) is 0 Å². The molecule has 3 aromatic carbocycles. The Balaban J connectivity index is 1.31. The van der Waals surface area contributed by atoms with Crippen LogP contribution in [-0.4, -0.2) is 29.6 Å². The van der Waals surface area contributed by atoms with Gasteiger partial charge < -0.3 is 5.11 Å². The van der Waals surface area contributed by atoms with E-state index in [9.17, 15) is 18.3 Å². The van der Waals surface area contributed by atoms with Crippen molar-refractivity contribution in [1.82, 2.24) is 4.90 Å². The van der Waals surface area contributed by atoms with Gasteiger partial charge >= 0.3 is 6.18 Å². The summed E-state index contributed by atoms with van der Waals surface area (Å²) in [6, 6.07) is 21.0. The molecule has 0 aromatic heterocycles. The summed E-state index contributed by atoms with van der Waals surface area (Å²) in [7, 11) is 0. The summed E-state index contributed by atoms with van der Waals surface area (Å²) in [5, 5.41) is 11.3. The molecule has 0 spiro atoms. The summed E-state index contributed by atoms with van der Waals surface area (Å²) in [5.41, 5.74) is 3.95. The van der Waals surface area contributed by atoms with E-state index in [-0.39, 0.29) is 0 Å². The summed E-state index contributed by atoms with van der Waals surface area (Å²) in [6.07, 6.45) is -1.63. The third kappa shape index (κ3) is 6.05. The molecular formula is C27H25ClF3NO. The lowest BCUT2D eigenvalue weighted by Gasteiger charge is -2.27. The van der Waals surface area contributed by atoms with Gasteiger partial charge in [0.2, 0.25) is 0 Å². The zero-order chi connectivity index (χ0) is 23.4. The van der Waals surface area contributed by atoms with Crippen LogP contribution in [-0.2, 0) is 6.18 Å². The zero-order valence-corrected chi connectivity index (χ0v) is 18.8. The molecule has 33 heavy (non-hydrogen) atoms. The maximum atomic E-state index is 13.0. The molecule has 2 nitrogen and oxygen atoms in total. The number of benzene rings is 3. The molecule has 4 rings (SSSR count). The minimum absolute atomic E-state index is 0.571. The van der Waals surface area contributed by atoms with Crippen LogP contribution in [0.1, 0.15) is 35.6 Å². The molecule has 6 heteroatoms. The monoisotopic (exact) mass is 471 g/mol. The number of alkyl halides is 3. The zero-order valence-electron chi connectivity index (χ0n) is 18.0. The summed E-state index contributed by atoms with van der Waals surface area (Å²) >= 11 is 5.94. The van der Waals surface area contributed by atoms with E-state index in [4.69, 9.17) is 11.6 Å². The summed E-state index contributed by atoms with van der Waals surface area (Å²) in [6.45, 7) is 2.13. The number of aliphatic hydroxyl groups excluding tert-OH is 1. The second-order valence-corrected chi connectivity index (χ2v) is 8.73. The van der Waals surface area contributed by atoms with Crippen molar-refractivity contribution in [1.29, 1.82) is 0 Å². The Morgan fingerprint density at radius 1 is 0.909 bits per heavy atom. The fourth-order valence-corrected chi connectivity index (χ4v) is 4.21. The molecular weight excluding hydrogens is 447 g/mol. The second kappa shape index (κ2) is 10.1. The van der Waals surface area contributed by atoms with E-state index in [1.165, 1.54) is 12.1 Å². The van der Waals surface area contributed by atoms with E-state index in [0.29, 0.717) is 36.5 Å². The van der Waals surface area contributed by atoms with Gasteiger partial charge in [-0.15, -0.1) is 0 Å². The Morgan fingerprint density at radius 2 is 1.58 bits per heavy atom. The third-order valence-corrected chi connectivity index (χ3v) is 6.30. The van der Waals surface area contributed by atoms with Crippen LogP contribution in [0.2, 0.25) is 5.02 Å². The van der Waals surface area contributed by atoms with Crippen molar-refractivity contribution in [2.24, 2.45) is 0 Å². The summed E-state index contributed by atoms with van der Waals surface area (Å²) in [4.78, 5) is 2.21. The van der Waals surface area contributed by atoms with E-state index < -0.39 is 17.8 Å². The number of aliphatic hydroxyl groups is 1. The van der Waals surface area contributed by atoms with Crippen molar-refractivity contribution in [3.8, 4) is 11.1 Å². The lowest BCUT2D eigenvalue weighted by Crippen LogP contribution is -2.30. The van der Waals surface area contributed by atoms with Crippen LogP contribution >= 0.6 is 11.6 Å². The quantitative estimate of drug-likeness (QED) is 0.409. The van der Waals surface area contributed by atoms with Crippen molar-refractivity contribution in [3.05, 3.63) is 101 Å². The molecule has 0 aliphatic carbocycles. The molecule has 1 aliphatic rings. The van der Waals surface area contributed by atoms with Crippen LogP contribution in [0.25, 0.3) is 16.7 Å². The number of nitrogens with zero attached hydrogens (tertiary/aromatic N) is 1. The average Bonchev–Trinajstić information content (AvgIpc) is 2.83. The lowest BCUT2D eigenvalue weighted by atomic mass is 9.97. The SMILES string of the molecule is OC(CCN1CC=C(c2cccc(C(F)(F)F)c2)CC1)c1ccc(-c2ccc(Cl)cc2)cc1. The second-order valence-electron chi connectivity index (χ2n) is 8.29. The van der Waals surface area contributed by atoms with Gasteiger partial charge in [0.15, 0.2) is 0 Å². The van der Waals surface area contributed by atoms with Gasteiger partial charge in [-0.3, -0.25) is 4.90 Å². The highest BCUT2D eigenvalue weighted by molar-refractivity contribution is 6.30. The Hall–Kier alpha value is -2.60. The van der Waals surface area contributed by atoms with Crippen LogP contribution in [0.4, 0.5) is 13.2 Å². The van der Waals surface area contributed by atoms with Crippen molar-refractivity contribution in [2.75, 3.05) is 19.6 Å². The van der Waals surface area contributed by atoms with Crippen molar-refractivity contribution in [2.45, 2.75) is 25.1 Å². The molecule has 0 amide bonds. The summed E-state index contributed by atoms with van der Waals surface area (Å²) < 4.78 is 38.9. The number of hydrogen-bond donors (Lipinski definition) is 1. The van der Waals surface area contributed by atoms with E-state index in [2.05, 4.69) is 4.90 Å².